The van der Waals surface area contributed by atoms with E-state index < -0.39 is 0 Å². The highest BCUT2D eigenvalue weighted by Gasteiger charge is 2.09. The number of aromatic nitrogens is 4. The molecule has 0 saturated heterocycles. The van der Waals surface area contributed by atoms with E-state index in [0.717, 1.165) is 12.2 Å². The minimum Gasteiger partial charge on any atom is -0.377 e. The molecule has 0 aliphatic carbocycles. The summed E-state index contributed by atoms with van der Waals surface area (Å²) in [7, 11) is 4.17. The van der Waals surface area contributed by atoms with Gasteiger partial charge in [0.15, 0.2) is 0 Å². The Bertz CT molecular complexity index is 808. The zero-order valence-electron chi connectivity index (χ0n) is 15.1. The maximum Gasteiger partial charge on any atom is 0.143 e. The number of hydrogen-bond acceptors (Lipinski definition) is 5. The third kappa shape index (κ3) is 4.03. The molecule has 25 heavy (non-hydrogen) atoms. The van der Waals surface area contributed by atoms with Crippen molar-refractivity contribution in [3.05, 3.63) is 65.5 Å². The largest absolute Gasteiger partial charge is 0.377 e. The Morgan fingerprint density at radius 1 is 1.12 bits per heavy atom. The van der Waals surface area contributed by atoms with Crippen molar-refractivity contribution < 1.29 is 0 Å². The van der Waals surface area contributed by atoms with Gasteiger partial charge in [0, 0.05) is 32.4 Å². The van der Waals surface area contributed by atoms with E-state index in [1.165, 1.54) is 22.4 Å². The predicted octanol–water partition coefficient (Wildman–Crippen LogP) is 2.89. The Balaban J connectivity index is 1.68. The molecule has 0 aliphatic rings. The molecule has 130 valence electrons. The summed E-state index contributed by atoms with van der Waals surface area (Å²) in [5, 5.41) is 14.8. The maximum atomic E-state index is 3.91. The van der Waals surface area contributed by atoms with Gasteiger partial charge in [-0.05, 0) is 59.2 Å². The second kappa shape index (κ2) is 7.44. The van der Waals surface area contributed by atoms with Crippen molar-refractivity contribution in [3.8, 4) is 5.69 Å². The Kier molecular flexibility index (Phi) is 5.09. The molecular weight excluding hydrogens is 312 g/mol. The van der Waals surface area contributed by atoms with Crippen molar-refractivity contribution in [1.82, 2.24) is 25.5 Å². The van der Waals surface area contributed by atoms with Crippen LogP contribution >= 0.6 is 0 Å². The van der Waals surface area contributed by atoms with Gasteiger partial charge in [0.05, 0.1) is 5.69 Å². The SMILES string of the molecule is Cc1ccc(CN[C@@H](C)c2ccc(-n3cnnn3)cc2)c(N(C)C)c1. The lowest BCUT2D eigenvalue weighted by Gasteiger charge is -2.21. The predicted molar refractivity (Wildman–Crippen MR) is 99.9 cm³/mol. The lowest BCUT2D eigenvalue weighted by molar-refractivity contribution is 0.574. The average molecular weight is 336 g/mol. The van der Waals surface area contributed by atoms with Crippen molar-refractivity contribution in [2.45, 2.75) is 26.4 Å². The van der Waals surface area contributed by atoms with E-state index in [4.69, 9.17) is 0 Å². The van der Waals surface area contributed by atoms with E-state index in [9.17, 15) is 0 Å². The van der Waals surface area contributed by atoms with E-state index in [1.54, 1.807) is 11.0 Å². The third-order valence-corrected chi connectivity index (χ3v) is 4.33. The first-order valence-electron chi connectivity index (χ1n) is 8.38. The van der Waals surface area contributed by atoms with Crippen LogP contribution in [0.3, 0.4) is 0 Å². The van der Waals surface area contributed by atoms with Gasteiger partial charge in [-0.3, -0.25) is 0 Å². The van der Waals surface area contributed by atoms with Gasteiger partial charge in [0.25, 0.3) is 0 Å². The fourth-order valence-corrected chi connectivity index (χ4v) is 2.82. The van der Waals surface area contributed by atoms with Crippen molar-refractivity contribution in [3.63, 3.8) is 0 Å². The number of benzene rings is 2. The highest BCUT2D eigenvalue weighted by molar-refractivity contribution is 5.54. The zero-order chi connectivity index (χ0) is 17.8. The summed E-state index contributed by atoms with van der Waals surface area (Å²) in [6.07, 6.45) is 1.59. The molecule has 6 heteroatoms. The number of tetrazole rings is 1. The lowest BCUT2D eigenvalue weighted by Crippen LogP contribution is -2.20. The first-order chi connectivity index (χ1) is 12.0. The van der Waals surface area contributed by atoms with Crippen LogP contribution in [0.1, 0.15) is 29.7 Å². The molecule has 0 aliphatic heterocycles. The quantitative estimate of drug-likeness (QED) is 0.750. The maximum absolute atomic E-state index is 3.91. The summed E-state index contributed by atoms with van der Waals surface area (Å²) in [5.41, 5.74) is 6.02. The van der Waals surface area contributed by atoms with Crippen LogP contribution < -0.4 is 10.2 Å². The van der Waals surface area contributed by atoms with Crippen LogP contribution in [0.5, 0.6) is 0 Å². The van der Waals surface area contributed by atoms with Crippen molar-refractivity contribution in [2.75, 3.05) is 19.0 Å². The fourth-order valence-electron chi connectivity index (χ4n) is 2.82. The Hall–Kier alpha value is -2.73. The zero-order valence-corrected chi connectivity index (χ0v) is 15.1. The summed E-state index contributed by atoms with van der Waals surface area (Å²) in [5.74, 6) is 0. The summed E-state index contributed by atoms with van der Waals surface area (Å²) in [6.45, 7) is 5.12. The standard InChI is InChI=1S/C19H24N6/c1-14-5-6-17(19(11-14)24(3)4)12-20-15(2)16-7-9-18(10-8-16)25-13-21-22-23-25/h5-11,13,15,20H,12H2,1-4H3/t15-/m0/s1. The molecule has 0 amide bonds. The minimum absolute atomic E-state index is 0.249. The number of nitrogens with one attached hydrogen (secondary N) is 1. The van der Waals surface area contributed by atoms with E-state index in [1.807, 2.05) is 12.1 Å². The molecule has 1 atom stereocenters. The second-order valence-corrected chi connectivity index (χ2v) is 6.48. The molecule has 6 nitrogen and oxygen atoms in total. The van der Waals surface area contributed by atoms with Crippen LogP contribution in [0.25, 0.3) is 5.69 Å². The van der Waals surface area contributed by atoms with Gasteiger partial charge in [-0.1, -0.05) is 24.3 Å². The Morgan fingerprint density at radius 3 is 2.52 bits per heavy atom. The Morgan fingerprint density at radius 2 is 1.88 bits per heavy atom. The summed E-state index contributed by atoms with van der Waals surface area (Å²) >= 11 is 0. The van der Waals surface area contributed by atoms with Gasteiger partial charge in [0.1, 0.15) is 6.33 Å². The van der Waals surface area contributed by atoms with Gasteiger partial charge < -0.3 is 10.2 Å². The molecule has 1 aromatic heterocycles. The lowest BCUT2D eigenvalue weighted by atomic mass is 10.1. The van der Waals surface area contributed by atoms with Crippen LogP contribution in [-0.2, 0) is 6.54 Å². The van der Waals surface area contributed by atoms with Crippen LogP contribution in [0.4, 0.5) is 5.69 Å². The molecule has 0 spiro atoms. The highest BCUT2D eigenvalue weighted by atomic mass is 15.5. The van der Waals surface area contributed by atoms with Gasteiger partial charge in [-0.2, -0.15) is 0 Å². The molecule has 0 saturated carbocycles. The van der Waals surface area contributed by atoms with Crippen LogP contribution in [0, 0.1) is 6.92 Å². The number of hydrogen-bond donors (Lipinski definition) is 1. The van der Waals surface area contributed by atoms with E-state index >= 15 is 0 Å². The monoisotopic (exact) mass is 336 g/mol. The minimum atomic E-state index is 0.249. The van der Waals surface area contributed by atoms with Crippen LogP contribution in [0.2, 0.25) is 0 Å². The van der Waals surface area contributed by atoms with E-state index in [0.29, 0.717) is 0 Å². The van der Waals surface area contributed by atoms with Crippen LogP contribution in [0.15, 0.2) is 48.8 Å². The molecule has 3 aromatic rings. The summed E-state index contributed by atoms with van der Waals surface area (Å²) in [4.78, 5) is 2.16. The number of nitrogens with zero attached hydrogens (tertiary/aromatic N) is 5. The van der Waals surface area contributed by atoms with Gasteiger partial charge in [-0.15, -0.1) is 5.10 Å². The highest BCUT2D eigenvalue weighted by Crippen LogP contribution is 2.22. The normalized spacial score (nSPS) is 12.2. The first-order valence-corrected chi connectivity index (χ1v) is 8.38. The summed E-state index contributed by atoms with van der Waals surface area (Å²) in [6, 6.07) is 15.1. The van der Waals surface area contributed by atoms with E-state index in [-0.39, 0.29) is 6.04 Å². The smallest absolute Gasteiger partial charge is 0.143 e. The second-order valence-electron chi connectivity index (χ2n) is 6.48. The molecule has 0 fully saturated rings. The van der Waals surface area contributed by atoms with Gasteiger partial charge in [0.2, 0.25) is 0 Å². The fraction of sp³-hybridized carbons (Fsp3) is 0.316. The van der Waals surface area contributed by atoms with Gasteiger partial charge >= 0.3 is 0 Å². The van der Waals surface area contributed by atoms with Crippen molar-refractivity contribution in [2.24, 2.45) is 0 Å². The molecule has 3 rings (SSSR count). The molecule has 0 unspecified atom stereocenters. The number of rotatable bonds is 6. The van der Waals surface area contributed by atoms with Crippen LogP contribution in [-0.4, -0.2) is 34.3 Å². The molecule has 2 aromatic carbocycles. The van der Waals surface area contributed by atoms with E-state index in [2.05, 4.69) is 84.0 Å². The average Bonchev–Trinajstić information content (AvgIpc) is 3.15. The van der Waals surface area contributed by atoms with Crippen molar-refractivity contribution in [1.29, 1.82) is 0 Å². The topological polar surface area (TPSA) is 58.9 Å². The molecule has 0 radical (unpaired) electrons. The number of aryl methyl sites for hydroxylation is 1. The third-order valence-electron chi connectivity index (χ3n) is 4.33. The number of anilines is 1. The molecule has 0 bridgehead atoms. The molecular formula is C19H24N6. The molecule has 1 N–H and O–H groups in total. The summed E-state index contributed by atoms with van der Waals surface area (Å²) < 4.78 is 1.65. The molecule has 1 heterocycles. The van der Waals surface area contributed by atoms with Crippen molar-refractivity contribution >= 4 is 5.69 Å². The Labute approximate surface area is 148 Å². The first kappa shape index (κ1) is 17.1. The van der Waals surface area contributed by atoms with Gasteiger partial charge in [-0.25, -0.2) is 4.68 Å².